The Morgan fingerprint density at radius 2 is 1.90 bits per heavy atom. The van der Waals surface area contributed by atoms with Gasteiger partial charge in [-0.2, -0.15) is 0 Å². The Kier molecular flexibility index (Phi) is 7.65. The molecule has 2 fully saturated rings. The molecule has 0 radical (unpaired) electrons. The standard InChI is InChI=1S/C28H27N5O6S2/c34-24(35)5-3-9-33-27(37)22(41-28(33)40)15-19-25(29-23-4-1-2-8-32(23)26(19)36)31-12-10-30(11-13-31)16-18-6-7-20-21(14-18)39-17-38-20/h1-2,4,6-8,14-15H,3,5,9-13,16-17H2,(H,34,35)/b22-15+. The van der Waals surface area contributed by atoms with Crippen LogP contribution in [0.5, 0.6) is 11.5 Å². The molecule has 2 aromatic heterocycles. The van der Waals surface area contributed by atoms with Crippen molar-refractivity contribution < 1.29 is 24.2 Å². The summed E-state index contributed by atoms with van der Waals surface area (Å²) in [6.45, 7) is 4.03. The molecule has 2 saturated heterocycles. The summed E-state index contributed by atoms with van der Waals surface area (Å²) < 4.78 is 12.7. The van der Waals surface area contributed by atoms with Crippen molar-refractivity contribution in [3.8, 4) is 11.5 Å². The molecular formula is C28H27N5O6S2. The Bertz CT molecular complexity index is 1630. The molecule has 13 heteroatoms. The van der Waals surface area contributed by atoms with Crippen LogP contribution in [0, 0.1) is 0 Å². The summed E-state index contributed by atoms with van der Waals surface area (Å²) in [7, 11) is 0. The molecule has 0 aliphatic carbocycles. The Labute approximate surface area is 245 Å². The number of rotatable bonds is 8. The van der Waals surface area contributed by atoms with E-state index in [9.17, 15) is 14.4 Å². The summed E-state index contributed by atoms with van der Waals surface area (Å²) in [6, 6.07) is 11.4. The third-order valence-corrected chi connectivity index (χ3v) is 8.56. The van der Waals surface area contributed by atoms with Crippen molar-refractivity contribution in [2.75, 3.05) is 44.4 Å². The van der Waals surface area contributed by atoms with Gasteiger partial charge in [-0.1, -0.05) is 36.1 Å². The van der Waals surface area contributed by atoms with Crippen molar-refractivity contribution in [3.63, 3.8) is 0 Å². The lowest BCUT2D eigenvalue weighted by molar-refractivity contribution is -0.137. The first-order chi connectivity index (χ1) is 19.9. The molecular weight excluding hydrogens is 566 g/mol. The molecule has 3 aliphatic rings. The third-order valence-electron chi connectivity index (χ3n) is 7.19. The monoisotopic (exact) mass is 593 g/mol. The minimum Gasteiger partial charge on any atom is -0.481 e. The number of carboxylic acids is 1. The second-order valence-electron chi connectivity index (χ2n) is 9.86. The van der Waals surface area contributed by atoms with Gasteiger partial charge in [-0.25, -0.2) is 4.98 Å². The highest BCUT2D eigenvalue weighted by Crippen LogP contribution is 2.35. The molecule has 212 valence electrons. The van der Waals surface area contributed by atoms with Crippen molar-refractivity contribution >= 4 is 57.7 Å². The zero-order valence-electron chi connectivity index (χ0n) is 22.0. The van der Waals surface area contributed by atoms with E-state index in [0.717, 1.165) is 48.5 Å². The van der Waals surface area contributed by atoms with E-state index in [1.807, 2.05) is 24.3 Å². The van der Waals surface area contributed by atoms with Crippen LogP contribution in [0.4, 0.5) is 5.82 Å². The van der Waals surface area contributed by atoms with E-state index in [-0.39, 0.29) is 37.6 Å². The number of ether oxygens (including phenoxy) is 2. The topological polar surface area (TPSA) is 117 Å². The number of carboxylic acid groups (broad SMARTS) is 1. The molecule has 5 heterocycles. The number of thioether (sulfide) groups is 1. The van der Waals surface area contributed by atoms with E-state index in [1.54, 1.807) is 24.4 Å². The Balaban J connectivity index is 1.24. The number of hydrogen-bond acceptors (Lipinski definition) is 10. The predicted octanol–water partition coefficient (Wildman–Crippen LogP) is 2.81. The second kappa shape index (κ2) is 11.5. The highest BCUT2D eigenvalue weighted by atomic mass is 32.2. The van der Waals surface area contributed by atoms with Crippen LogP contribution in [0.2, 0.25) is 0 Å². The molecule has 1 N–H and O–H groups in total. The molecule has 0 unspecified atom stereocenters. The molecule has 0 bridgehead atoms. The molecule has 0 spiro atoms. The number of anilines is 1. The van der Waals surface area contributed by atoms with E-state index in [0.29, 0.717) is 39.3 Å². The fraction of sp³-hybridized carbons (Fsp3) is 0.321. The van der Waals surface area contributed by atoms with Gasteiger partial charge < -0.3 is 19.5 Å². The van der Waals surface area contributed by atoms with Gasteiger partial charge in [0.2, 0.25) is 6.79 Å². The van der Waals surface area contributed by atoms with Gasteiger partial charge >= 0.3 is 5.97 Å². The van der Waals surface area contributed by atoms with Gasteiger partial charge in [0.05, 0.1) is 10.5 Å². The number of carbonyl (C=O) groups is 2. The highest BCUT2D eigenvalue weighted by Gasteiger charge is 2.33. The number of amides is 1. The number of aromatic nitrogens is 2. The quantitative estimate of drug-likeness (QED) is 0.307. The summed E-state index contributed by atoms with van der Waals surface area (Å²) in [4.78, 5) is 48.8. The lowest BCUT2D eigenvalue weighted by Crippen LogP contribution is -2.47. The van der Waals surface area contributed by atoms with E-state index in [2.05, 4.69) is 9.80 Å². The third kappa shape index (κ3) is 5.65. The summed E-state index contributed by atoms with van der Waals surface area (Å²) in [5, 5.41) is 8.95. The normalized spacial score (nSPS) is 18.2. The number of nitrogens with zero attached hydrogens (tertiary/aromatic N) is 5. The summed E-state index contributed by atoms with van der Waals surface area (Å²) in [5.74, 6) is 0.792. The molecule has 0 atom stereocenters. The average Bonchev–Trinajstić information content (AvgIpc) is 3.54. The van der Waals surface area contributed by atoms with Crippen LogP contribution in [0.25, 0.3) is 11.7 Å². The second-order valence-corrected chi connectivity index (χ2v) is 11.5. The van der Waals surface area contributed by atoms with Crippen LogP contribution in [-0.2, 0) is 16.1 Å². The van der Waals surface area contributed by atoms with Crippen LogP contribution in [-0.4, -0.2) is 80.0 Å². The van der Waals surface area contributed by atoms with Crippen molar-refractivity contribution in [1.29, 1.82) is 0 Å². The summed E-state index contributed by atoms with van der Waals surface area (Å²) in [6.07, 6.45) is 3.47. The van der Waals surface area contributed by atoms with E-state index in [4.69, 9.17) is 31.8 Å². The van der Waals surface area contributed by atoms with Gasteiger partial charge in [-0.3, -0.25) is 28.6 Å². The van der Waals surface area contributed by atoms with Gasteiger partial charge in [-0.05, 0) is 42.3 Å². The first-order valence-electron chi connectivity index (χ1n) is 13.2. The molecule has 41 heavy (non-hydrogen) atoms. The van der Waals surface area contributed by atoms with Crippen molar-refractivity contribution in [1.82, 2.24) is 19.2 Å². The van der Waals surface area contributed by atoms with Crippen molar-refractivity contribution in [3.05, 3.63) is 69.0 Å². The molecule has 1 aromatic carbocycles. The first kappa shape index (κ1) is 27.2. The zero-order chi connectivity index (χ0) is 28.5. The summed E-state index contributed by atoms with van der Waals surface area (Å²) >= 11 is 6.52. The molecule has 3 aromatic rings. The van der Waals surface area contributed by atoms with E-state index >= 15 is 0 Å². The van der Waals surface area contributed by atoms with Crippen LogP contribution in [0.15, 0.2) is 52.3 Å². The number of pyridine rings is 1. The Hall–Kier alpha value is -3.94. The molecule has 3 aliphatic heterocycles. The fourth-order valence-corrected chi connectivity index (χ4v) is 6.38. The van der Waals surface area contributed by atoms with Gasteiger partial charge in [0, 0.05) is 51.9 Å². The van der Waals surface area contributed by atoms with Crippen LogP contribution in [0.3, 0.4) is 0 Å². The van der Waals surface area contributed by atoms with Crippen LogP contribution in [0.1, 0.15) is 24.0 Å². The van der Waals surface area contributed by atoms with Crippen LogP contribution < -0.4 is 19.9 Å². The number of benzene rings is 1. The number of aliphatic carboxylic acids is 1. The predicted molar refractivity (Wildman–Crippen MR) is 158 cm³/mol. The zero-order valence-corrected chi connectivity index (χ0v) is 23.7. The lowest BCUT2D eigenvalue weighted by Gasteiger charge is -2.36. The molecule has 6 rings (SSSR count). The minimum absolute atomic E-state index is 0.0587. The fourth-order valence-electron chi connectivity index (χ4n) is 5.09. The minimum atomic E-state index is -0.929. The number of fused-ring (bicyclic) bond motifs is 2. The molecule has 11 nitrogen and oxygen atoms in total. The van der Waals surface area contributed by atoms with Gasteiger partial charge in [-0.15, -0.1) is 0 Å². The molecule has 1 amide bonds. The van der Waals surface area contributed by atoms with Crippen molar-refractivity contribution in [2.24, 2.45) is 0 Å². The van der Waals surface area contributed by atoms with Crippen LogP contribution >= 0.6 is 24.0 Å². The molecule has 0 saturated carbocycles. The average molecular weight is 594 g/mol. The largest absolute Gasteiger partial charge is 0.481 e. The lowest BCUT2D eigenvalue weighted by atomic mass is 10.1. The highest BCUT2D eigenvalue weighted by molar-refractivity contribution is 8.26. The number of piperazine rings is 1. The SMILES string of the molecule is O=C(O)CCCN1C(=O)/C(=C\c2c(N3CCN(Cc4ccc5c(c4)OCO5)CC3)nc3ccccn3c2=O)SC1=S. The van der Waals surface area contributed by atoms with Gasteiger partial charge in [0.15, 0.2) is 11.5 Å². The smallest absolute Gasteiger partial charge is 0.303 e. The van der Waals surface area contributed by atoms with Gasteiger partial charge in [0.1, 0.15) is 15.8 Å². The number of hydrogen-bond donors (Lipinski definition) is 1. The number of carbonyl (C=O) groups excluding carboxylic acids is 1. The number of thiocarbonyl (C=S) groups is 1. The van der Waals surface area contributed by atoms with E-state index in [1.165, 1.54) is 9.30 Å². The maximum absolute atomic E-state index is 13.7. The van der Waals surface area contributed by atoms with Crippen molar-refractivity contribution in [2.45, 2.75) is 19.4 Å². The first-order valence-corrected chi connectivity index (χ1v) is 14.4. The maximum atomic E-state index is 13.7. The van der Waals surface area contributed by atoms with E-state index < -0.39 is 5.97 Å². The van der Waals surface area contributed by atoms with Gasteiger partial charge in [0.25, 0.3) is 11.5 Å². The maximum Gasteiger partial charge on any atom is 0.303 e. The summed E-state index contributed by atoms with van der Waals surface area (Å²) in [5.41, 5.74) is 1.71. The Morgan fingerprint density at radius 3 is 2.71 bits per heavy atom. The Morgan fingerprint density at radius 1 is 1.10 bits per heavy atom.